The van der Waals surface area contributed by atoms with Gasteiger partial charge in [-0.1, -0.05) is 6.92 Å². The maximum atomic E-state index is 11.2. The first kappa shape index (κ1) is 13.0. The third kappa shape index (κ3) is 3.30. The summed E-state index contributed by atoms with van der Waals surface area (Å²) in [7, 11) is 0. The van der Waals surface area contributed by atoms with Gasteiger partial charge in [-0.05, 0) is 13.8 Å². The lowest BCUT2D eigenvalue weighted by Crippen LogP contribution is -2.24. The molecule has 2 rings (SSSR count). The van der Waals surface area contributed by atoms with E-state index in [0.717, 1.165) is 0 Å². The third-order valence-corrected chi connectivity index (χ3v) is 2.69. The summed E-state index contributed by atoms with van der Waals surface area (Å²) in [6.07, 6.45) is 2.26. The molecule has 1 aliphatic rings. The SMILES string of the molecule is CCC(=O)Nc1ccn(C[C@H]2COC(C)(C)O2)n1. The second kappa shape index (κ2) is 5.07. The Bertz CT molecular complexity index is 428. The molecular formula is C12H19N3O3. The van der Waals surface area contributed by atoms with E-state index in [0.29, 0.717) is 25.4 Å². The minimum Gasteiger partial charge on any atom is -0.348 e. The van der Waals surface area contributed by atoms with Gasteiger partial charge < -0.3 is 14.8 Å². The number of carbonyl (C=O) groups is 1. The van der Waals surface area contributed by atoms with Gasteiger partial charge in [0.1, 0.15) is 6.10 Å². The van der Waals surface area contributed by atoms with Gasteiger partial charge in [-0.25, -0.2) is 0 Å². The molecule has 0 unspecified atom stereocenters. The van der Waals surface area contributed by atoms with Gasteiger partial charge in [0, 0.05) is 18.7 Å². The molecule has 1 saturated heterocycles. The average Bonchev–Trinajstić information content (AvgIpc) is 2.86. The Labute approximate surface area is 106 Å². The summed E-state index contributed by atoms with van der Waals surface area (Å²) >= 11 is 0. The highest BCUT2D eigenvalue weighted by atomic mass is 16.7. The van der Waals surface area contributed by atoms with Crippen molar-refractivity contribution in [3.05, 3.63) is 12.3 Å². The van der Waals surface area contributed by atoms with E-state index in [1.807, 2.05) is 20.0 Å². The highest BCUT2D eigenvalue weighted by Gasteiger charge is 2.32. The second-order valence-electron chi connectivity index (χ2n) is 4.78. The van der Waals surface area contributed by atoms with Gasteiger partial charge in [0.15, 0.2) is 11.6 Å². The molecule has 1 amide bonds. The molecule has 0 aromatic carbocycles. The second-order valence-corrected chi connectivity index (χ2v) is 4.78. The van der Waals surface area contributed by atoms with Crippen LogP contribution in [0.25, 0.3) is 0 Å². The molecule has 6 heteroatoms. The lowest BCUT2D eigenvalue weighted by molar-refractivity contribution is -0.139. The van der Waals surface area contributed by atoms with Gasteiger partial charge in [0.05, 0.1) is 13.2 Å². The van der Waals surface area contributed by atoms with Crippen molar-refractivity contribution in [3.8, 4) is 0 Å². The summed E-state index contributed by atoms with van der Waals surface area (Å²) in [5.74, 6) is 0.0127. The number of hydrogen-bond donors (Lipinski definition) is 1. The van der Waals surface area contributed by atoms with Crippen LogP contribution in [0.4, 0.5) is 5.82 Å². The number of aromatic nitrogens is 2. The Kier molecular flexibility index (Phi) is 3.68. The molecule has 0 saturated carbocycles. The normalized spacial score (nSPS) is 22.1. The fourth-order valence-electron chi connectivity index (χ4n) is 1.82. The smallest absolute Gasteiger partial charge is 0.225 e. The Balaban J connectivity index is 1.89. The zero-order valence-electron chi connectivity index (χ0n) is 11.0. The lowest BCUT2D eigenvalue weighted by atomic mass is 10.4. The van der Waals surface area contributed by atoms with Crippen molar-refractivity contribution in [2.75, 3.05) is 11.9 Å². The minimum absolute atomic E-state index is 0.00498. The fraction of sp³-hybridized carbons (Fsp3) is 0.667. The van der Waals surface area contributed by atoms with Crippen molar-refractivity contribution < 1.29 is 14.3 Å². The third-order valence-electron chi connectivity index (χ3n) is 2.69. The van der Waals surface area contributed by atoms with Crippen LogP contribution in [0.1, 0.15) is 27.2 Å². The van der Waals surface area contributed by atoms with Crippen molar-refractivity contribution in [3.63, 3.8) is 0 Å². The highest BCUT2D eigenvalue weighted by Crippen LogP contribution is 2.23. The molecule has 1 aliphatic heterocycles. The van der Waals surface area contributed by atoms with Crippen molar-refractivity contribution in [2.24, 2.45) is 0 Å². The van der Waals surface area contributed by atoms with E-state index >= 15 is 0 Å². The maximum absolute atomic E-state index is 11.2. The first-order valence-corrected chi connectivity index (χ1v) is 6.13. The van der Waals surface area contributed by atoms with E-state index in [1.165, 1.54) is 0 Å². The number of nitrogens with one attached hydrogen (secondary N) is 1. The van der Waals surface area contributed by atoms with Gasteiger partial charge in [-0.3, -0.25) is 9.48 Å². The zero-order chi connectivity index (χ0) is 13.2. The summed E-state index contributed by atoms with van der Waals surface area (Å²) < 4.78 is 12.9. The van der Waals surface area contributed by atoms with Crippen LogP contribution >= 0.6 is 0 Å². The molecule has 0 spiro atoms. The Morgan fingerprint density at radius 2 is 2.44 bits per heavy atom. The van der Waals surface area contributed by atoms with Crippen molar-refractivity contribution >= 4 is 11.7 Å². The number of nitrogens with zero attached hydrogens (tertiary/aromatic N) is 2. The summed E-state index contributed by atoms with van der Waals surface area (Å²) in [6, 6.07) is 1.77. The summed E-state index contributed by atoms with van der Waals surface area (Å²) in [6.45, 7) is 6.76. The Morgan fingerprint density at radius 1 is 1.67 bits per heavy atom. The molecule has 1 fully saturated rings. The van der Waals surface area contributed by atoms with E-state index < -0.39 is 5.79 Å². The maximum Gasteiger partial charge on any atom is 0.225 e. The van der Waals surface area contributed by atoms with E-state index in [9.17, 15) is 4.79 Å². The number of anilines is 1. The van der Waals surface area contributed by atoms with Crippen molar-refractivity contribution in [1.82, 2.24) is 9.78 Å². The fourth-order valence-corrected chi connectivity index (χ4v) is 1.82. The Hall–Kier alpha value is -1.40. The first-order chi connectivity index (χ1) is 8.48. The van der Waals surface area contributed by atoms with E-state index in [4.69, 9.17) is 9.47 Å². The summed E-state index contributed by atoms with van der Waals surface area (Å²) in [5.41, 5.74) is 0. The minimum atomic E-state index is -0.517. The van der Waals surface area contributed by atoms with Crippen LogP contribution in [0.3, 0.4) is 0 Å². The standard InChI is InChI=1S/C12H19N3O3/c1-4-11(16)13-10-5-6-15(14-10)7-9-8-17-12(2,3)18-9/h5-6,9H,4,7-8H2,1-3H3,(H,13,14,16)/t9-/m0/s1. The monoisotopic (exact) mass is 253 g/mol. The molecule has 1 aromatic rings. The number of carbonyl (C=O) groups excluding carboxylic acids is 1. The topological polar surface area (TPSA) is 65.4 Å². The molecule has 100 valence electrons. The molecule has 0 bridgehead atoms. The number of rotatable bonds is 4. The van der Waals surface area contributed by atoms with Gasteiger partial charge in [0.2, 0.25) is 5.91 Å². The lowest BCUT2D eigenvalue weighted by Gasteiger charge is -2.16. The van der Waals surface area contributed by atoms with Gasteiger partial charge in [0.25, 0.3) is 0 Å². The molecule has 1 N–H and O–H groups in total. The predicted octanol–water partition coefficient (Wildman–Crippen LogP) is 1.38. The molecule has 1 aromatic heterocycles. The van der Waals surface area contributed by atoms with Gasteiger partial charge in [-0.15, -0.1) is 0 Å². The van der Waals surface area contributed by atoms with Crippen molar-refractivity contribution in [1.29, 1.82) is 0 Å². The number of hydrogen-bond acceptors (Lipinski definition) is 4. The molecule has 0 aliphatic carbocycles. The summed E-state index contributed by atoms with van der Waals surface area (Å²) in [5, 5.41) is 6.97. The Morgan fingerprint density at radius 3 is 3.06 bits per heavy atom. The number of amides is 1. The molecule has 6 nitrogen and oxygen atoms in total. The largest absolute Gasteiger partial charge is 0.348 e. The molecule has 18 heavy (non-hydrogen) atoms. The quantitative estimate of drug-likeness (QED) is 0.880. The molecular weight excluding hydrogens is 234 g/mol. The molecule has 1 atom stereocenters. The van der Waals surface area contributed by atoms with Crippen LogP contribution < -0.4 is 5.32 Å². The van der Waals surface area contributed by atoms with Crippen LogP contribution in [-0.2, 0) is 20.8 Å². The van der Waals surface area contributed by atoms with Gasteiger partial charge >= 0.3 is 0 Å². The van der Waals surface area contributed by atoms with Crippen LogP contribution in [-0.4, -0.2) is 34.2 Å². The predicted molar refractivity (Wildman–Crippen MR) is 66.1 cm³/mol. The van der Waals surface area contributed by atoms with Crippen LogP contribution in [0.5, 0.6) is 0 Å². The van der Waals surface area contributed by atoms with Crippen LogP contribution in [0.15, 0.2) is 12.3 Å². The van der Waals surface area contributed by atoms with E-state index in [1.54, 1.807) is 17.7 Å². The van der Waals surface area contributed by atoms with E-state index in [2.05, 4.69) is 10.4 Å². The average molecular weight is 253 g/mol. The number of ether oxygens (including phenoxy) is 2. The van der Waals surface area contributed by atoms with Crippen LogP contribution in [0, 0.1) is 0 Å². The van der Waals surface area contributed by atoms with Crippen molar-refractivity contribution in [2.45, 2.75) is 45.6 Å². The van der Waals surface area contributed by atoms with Crippen LogP contribution in [0.2, 0.25) is 0 Å². The van der Waals surface area contributed by atoms with Gasteiger partial charge in [-0.2, -0.15) is 5.10 Å². The summed E-state index contributed by atoms with van der Waals surface area (Å²) in [4.78, 5) is 11.2. The molecule has 2 heterocycles. The zero-order valence-corrected chi connectivity index (χ0v) is 11.0. The first-order valence-electron chi connectivity index (χ1n) is 6.13. The molecule has 0 radical (unpaired) electrons. The highest BCUT2D eigenvalue weighted by molar-refractivity contribution is 5.89. The van der Waals surface area contributed by atoms with E-state index in [-0.39, 0.29) is 12.0 Å².